The Morgan fingerprint density at radius 2 is 1.93 bits per heavy atom. The number of hydrogen-bond acceptors (Lipinski definition) is 4. The Balaban J connectivity index is 2.75. The zero-order valence-corrected chi connectivity index (χ0v) is 8.87. The highest BCUT2D eigenvalue weighted by atomic mass is 32.2. The van der Waals surface area contributed by atoms with Crippen LogP contribution in [0.2, 0.25) is 0 Å². The van der Waals surface area contributed by atoms with E-state index in [0.29, 0.717) is 0 Å². The van der Waals surface area contributed by atoms with E-state index in [-0.39, 0.29) is 6.61 Å². The van der Waals surface area contributed by atoms with Crippen LogP contribution >= 0.6 is 11.8 Å². The second-order valence-electron chi connectivity index (χ2n) is 3.06. The average Bonchev–Trinajstić information content (AvgIpc) is 2.27. The van der Waals surface area contributed by atoms with Crippen molar-refractivity contribution in [1.82, 2.24) is 0 Å². The maximum absolute atomic E-state index is 9.66. The zero-order chi connectivity index (χ0) is 10.6. The predicted molar refractivity (Wildman–Crippen MR) is 58.2 cm³/mol. The third kappa shape index (κ3) is 2.72. The van der Waals surface area contributed by atoms with Crippen molar-refractivity contribution in [2.24, 2.45) is 5.73 Å². The first-order valence-corrected chi connectivity index (χ1v) is 5.60. The highest BCUT2D eigenvalue weighted by Crippen LogP contribution is 2.20. The molecular weight excluding hydrogens is 198 g/mol. The number of rotatable bonds is 4. The topological polar surface area (TPSA) is 66.5 Å². The molecule has 0 saturated carbocycles. The van der Waals surface area contributed by atoms with E-state index in [1.54, 1.807) is 11.8 Å². The molecule has 0 spiro atoms. The van der Waals surface area contributed by atoms with Crippen LogP contribution in [0.3, 0.4) is 0 Å². The van der Waals surface area contributed by atoms with Gasteiger partial charge in [-0.1, -0.05) is 12.1 Å². The first-order valence-electron chi connectivity index (χ1n) is 4.37. The van der Waals surface area contributed by atoms with E-state index in [0.717, 1.165) is 10.5 Å². The molecule has 0 aliphatic carbocycles. The second-order valence-corrected chi connectivity index (χ2v) is 3.94. The molecule has 2 unspecified atom stereocenters. The summed E-state index contributed by atoms with van der Waals surface area (Å²) in [5.74, 6) is 0. The SMILES string of the molecule is CSc1ccc(C(O)C(N)CO)cc1. The molecule has 4 N–H and O–H groups in total. The molecule has 2 atom stereocenters. The minimum atomic E-state index is -0.795. The Morgan fingerprint density at radius 3 is 2.36 bits per heavy atom. The summed E-state index contributed by atoms with van der Waals surface area (Å²) in [6.07, 6.45) is 1.20. The fourth-order valence-corrected chi connectivity index (χ4v) is 1.56. The van der Waals surface area contributed by atoms with E-state index in [1.807, 2.05) is 30.5 Å². The van der Waals surface area contributed by atoms with Gasteiger partial charge in [0, 0.05) is 4.90 Å². The molecule has 3 nitrogen and oxygen atoms in total. The van der Waals surface area contributed by atoms with Crippen molar-refractivity contribution in [3.8, 4) is 0 Å². The van der Waals surface area contributed by atoms with Gasteiger partial charge in [-0.05, 0) is 24.0 Å². The smallest absolute Gasteiger partial charge is 0.0963 e. The number of aliphatic hydroxyl groups excluding tert-OH is 2. The highest BCUT2D eigenvalue weighted by Gasteiger charge is 2.15. The Labute approximate surface area is 87.9 Å². The lowest BCUT2D eigenvalue weighted by Gasteiger charge is -2.16. The number of thioether (sulfide) groups is 1. The van der Waals surface area contributed by atoms with Crippen molar-refractivity contribution in [2.75, 3.05) is 12.9 Å². The normalized spacial score (nSPS) is 15.1. The zero-order valence-electron chi connectivity index (χ0n) is 8.05. The molecule has 1 aromatic rings. The van der Waals surface area contributed by atoms with Gasteiger partial charge in [-0.15, -0.1) is 11.8 Å². The third-order valence-corrected chi connectivity index (χ3v) is 2.82. The summed E-state index contributed by atoms with van der Waals surface area (Å²) >= 11 is 1.64. The van der Waals surface area contributed by atoms with Crippen LogP contribution in [-0.2, 0) is 0 Å². The predicted octanol–water partition coefficient (Wildman–Crippen LogP) is 0.762. The maximum Gasteiger partial charge on any atom is 0.0963 e. The highest BCUT2D eigenvalue weighted by molar-refractivity contribution is 7.98. The van der Waals surface area contributed by atoms with Crippen LogP contribution in [0.4, 0.5) is 0 Å². The lowest BCUT2D eigenvalue weighted by Crippen LogP contribution is -2.31. The van der Waals surface area contributed by atoms with E-state index >= 15 is 0 Å². The van der Waals surface area contributed by atoms with Crippen molar-refractivity contribution < 1.29 is 10.2 Å². The summed E-state index contributed by atoms with van der Waals surface area (Å²) in [4.78, 5) is 1.14. The Bertz CT molecular complexity index is 276. The monoisotopic (exact) mass is 213 g/mol. The molecule has 4 heteroatoms. The van der Waals surface area contributed by atoms with E-state index in [2.05, 4.69) is 0 Å². The maximum atomic E-state index is 9.66. The van der Waals surface area contributed by atoms with Crippen molar-refractivity contribution in [3.05, 3.63) is 29.8 Å². The van der Waals surface area contributed by atoms with Gasteiger partial charge in [-0.3, -0.25) is 0 Å². The van der Waals surface area contributed by atoms with Gasteiger partial charge >= 0.3 is 0 Å². The number of benzene rings is 1. The van der Waals surface area contributed by atoms with Gasteiger partial charge in [0.05, 0.1) is 18.8 Å². The molecule has 0 bridgehead atoms. The summed E-state index contributed by atoms with van der Waals surface area (Å²) in [5.41, 5.74) is 6.25. The molecule has 1 aromatic carbocycles. The summed E-state index contributed by atoms with van der Waals surface area (Å²) in [7, 11) is 0. The van der Waals surface area contributed by atoms with E-state index in [1.165, 1.54) is 0 Å². The standard InChI is InChI=1S/C10H15NO2S/c1-14-8-4-2-7(3-5-8)10(13)9(11)6-12/h2-5,9-10,12-13H,6,11H2,1H3. The molecule has 78 valence electrons. The van der Waals surface area contributed by atoms with Crippen LogP contribution in [-0.4, -0.2) is 29.1 Å². The van der Waals surface area contributed by atoms with Crippen LogP contribution < -0.4 is 5.73 Å². The van der Waals surface area contributed by atoms with Gasteiger partial charge in [0.1, 0.15) is 0 Å². The van der Waals surface area contributed by atoms with Gasteiger partial charge in [0.2, 0.25) is 0 Å². The molecule has 0 aromatic heterocycles. The molecule has 0 amide bonds. The average molecular weight is 213 g/mol. The number of aliphatic hydroxyl groups is 2. The third-order valence-electron chi connectivity index (χ3n) is 2.07. The van der Waals surface area contributed by atoms with Crippen LogP contribution in [0.1, 0.15) is 11.7 Å². The largest absolute Gasteiger partial charge is 0.395 e. The molecule has 0 fully saturated rings. The summed E-state index contributed by atoms with van der Waals surface area (Å²) in [6, 6.07) is 6.88. The van der Waals surface area contributed by atoms with Crippen LogP contribution in [0.15, 0.2) is 29.2 Å². The Morgan fingerprint density at radius 1 is 1.36 bits per heavy atom. The molecule has 14 heavy (non-hydrogen) atoms. The molecule has 1 rings (SSSR count). The van der Waals surface area contributed by atoms with E-state index in [9.17, 15) is 5.11 Å². The minimum absolute atomic E-state index is 0.217. The quantitative estimate of drug-likeness (QED) is 0.646. The van der Waals surface area contributed by atoms with Gasteiger partial charge in [-0.25, -0.2) is 0 Å². The summed E-state index contributed by atoms with van der Waals surface area (Å²) < 4.78 is 0. The fourth-order valence-electron chi connectivity index (χ4n) is 1.15. The van der Waals surface area contributed by atoms with E-state index in [4.69, 9.17) is 10.8 Å². The van der Waals surface area contributed by atoms with Gasteiger partial charge < -0.3 is 15.9 Å². The molecule has 0 aliphatic heterocycles. The minimum Gasteiger partial charge on any atom is -0.395 e. The number of hydrogen-bond donors (Lipinski definition) is 3. The number of nitrogens with two attached hydrogens (primary N) is 1. The Kier molecular flexibility index (Phi) is 4.41. The van der Waals surface area contributed by atoms with Gasteiger partial charge in [0.25, 0.3) is 0 Å². The van der Waals surface area contributed by atoms with Gasteiger partial charge in [0.15, 0.2) is 0 Å². The second kappa shape index (κ2) is 5.36. The molecular formula is C10H15NO2S. The molecule has 0 radical (unpaired) electrons. The summed E-state index contributed by atoms with van der Waals surface area (Å²) in [6.45, 7) is -0.217. The van der Waals surface area contributed by atoms with Crippen molar-refractivity contribution in [3.63, 3.8) is 0 Å². The van der Waals surface area contributed by atoms with Crippen molar-refractivity contribution >= 4 is 11.8 Å². The van der Waals surface area contributed by atoms with Gasteiger partial charge in [-0.2, -0.15) is 0 Å². The molecule has 0 saturated heterocycles. The first-order chi connectivity index (χ1) is 6.69. The van der Waals surface area contributed by atoms with Crippen molar-refractivity contribution in [2.45, 2.75) is 17.0 Å². The lowest BCUT2D eigenvalue weighted by atomic mass is 10.0. The summed E-state index contributed by atoms with van der Waals surface area (Å²) in [5, 5.41) is 18.4. The van der Waals surface area contributed by atoms with Crippen molar-refractivity contribution in [1.29, 1.82) is 0 Å². The first kappa shape index (κ1) is 11.5. The van der Waals surface area contributed by atoms with E-state index < -0.39 is 12.1 Å². The lowest BCUT2D eigenvalue weighted by molar-refractivity contribution is 0.109. The van der Waals surface area contributed by atoms with Crippen LogP contribution in [0.5, 0.6) is 0 Å². The Hall–Kier alpha value is -0.550. The molecule has 0 heterocycles. The molecule has 0 aliphatic rings. The van der Waals surface area contributed by atoms with Crippen LogP contribution in [0.25, 0.3) is 0 Å². The fraction of sp³-hybridized carbons (Fsp3) is 0.400. The van der Waals surface area contributed by atoms with Crippen LogP contribution in [0, 0.1) is 0 Å².